The lowest BCUT2D eigenvalue weighted by molar-refractivity contribution is -0.114. The standard InChI is InChI=1S/C16H19NO4/c1-2-3-6-11(10-18)14(19)9-17-15(20)12-7-4-5-8-13(12)16(17)21/h4-5,7-8,10-11,14,19H,2-3,6,9H2,1H3/t11-,14+/m1/s1. The fourth-order valence-corrected chi connectivity index (χ4v) is 2.52. The van der Waals surface area contributed by atoms with Crippen molar-refractivity contribution in [3.63, 3.8) is 0 Å². The second-order valence-corrected chi connectivity index (χ2v) is 5.28. The minimum absolute atomic E-state index is 0.139. The maximum absolute atomic E-state index is 12.2. The van der Waals surface area contributed by atoms with E-state index >= 15 is 0 Å². The Morgan fingerprint density at radius 1 is 1.19 bits per heavy atom. The predicted octanol–water partition coefficient (Wildman–Crippen LogP) is 1.65. The molecule has 0 spiro atoms. The van der Waals surface area contributed by atoms with E-state index in [4.69, 9.17) is 0 Å². The van der Waals surface area contributed by atoms with Gasteiger partial charge < -0.3 is 9.90 Å². The highest BCUT2D eigenvalue weighted by molar-refractivity contribution is 6.21. The van der Waals surface area contributed by atoms with Gasteiger partial charge in [0.25, 0.3) is 11.8 Å². The van der Waals surface area contributed by atoms with Gasteiger partial charge in [-0.1, -0.05) is 31.9 Å². The average Bonchev–Trinajstić information content (AvgIpc) is 2.74. The van der Waals surface area contributed by atoms with Crippen LogP contribution in [0.3, 0.4) is 0 Å². The van der Waals surface area contributed by atoms with E-state index < -0.39 is 23.8 Å². The Hall–Kier alpha value is -2.01. The van der Waals surface area contributed by atoms with E-state index in [1.54, 1.807) is 24.3 Å². The summed E-state index contributed by atoms with van der Waals surface area (Å²) in [5.41, 5.74) is 0.705. The number of hydrogen-bond donors (Lipinski definition) is 1. The Bertz CT molecular complexity index is 520. The summed E-state index contributed by atoms with van der Waals surface area (Å²) >= 11 is 0. The third-order valence-corrected chi connectivity index (χ3v) is 3.81. The van der Waals surface area contributed by atoms with Crippen LogP contribution in [0, 0.1) is 5.92 Å². The summed E-state index contributed by atoms with van der Waals surface area (Å²) in [5, 5.41) is 10.1. The van der Waals surface area contributed by atoms with Gasteiger partial charge >= 0.3 is 0 Å². The molecule has 0 saturated heterocycles. The minimum Gasteiger partial charge on any atom is -0.391 e. The molecule has 21 heavy (non-hydrogen) atoms. The molecular formula is C16H19NO4. The molecule has 1 aliphatic rings. The second kappa shape index (κ2) is 6.63. The van der Waals surface area contributed by atoms with Crippen LogP contribution in [0.5, 0.6) is 0 Å². The van der Waals surface area contributed by atoms with Gasteiger partial charge in [0.15, 0.2) is 0 Å². The number of fused-ring (bicyclic) bond motifs is 1. The molecular weight excluding hydrogens is 270 g/mol. The van der Waals surface area contributed by atoms with Gasteiger partial charge in [-0.25, -0.2) is 0 Å². The molecule has 1 aliphatic heterocycles. The third-order valence-electron chi connectivity index (χ3n) is 3.81. The smallest absolute Gasteiger partial charge is 0.261 e. The molecule has 5 heteroatoms. The molecule has 0 aromatic heterocycles. The molecule has 112 valence electrons. The van der Waals surface area contributed by atoms with Gasteiger partial charge in [0.05, 0.1) is 23.8 Å². The summed E-state index contributed by atoms with van der Waals surface area (Å²) < 4.78 is 0. The molecule has 5 nitrogen and oxygen atoms in total. The summed E-state index contributed by atoms with van der Waals surface area (Å²) in [4.78, 5) is 36.4. The van der Waals surface area contributed by atoms with Crippen molar-refractivity contribution >= 4 is 18.1 Å². The molecule has 0 unspecified atom stereocenters. The SMILES string of the molecule is CCCC[C@H](C=O)[C@@H](O)CN1C(=O)c2ccccc2C1=O. The average molecular weight is 289 g/mol. The molecule has 0 saturated carbocycles. The highest BCUT2D eigenvalue weighted by Crippen LogP contribution is 2.23. The Morgan fingerprint density at radius 2 is 1.76 bits per heavy atom. The lowest BCUT2D eigenvalue weighted by atomic mass is 9.97. The molecule has 0 aliphatic carbocycles. The molecule has 1 heterocycles. The zero-order valence-corrected chi connectivity index (χ0v) is 12.0. The van der Waals surface area contributed by atoms with E-state index in [-0.39, 0.29) is 6.54 Å². The molecule has 2 atom stereocenters. The summed E-state index contributed by atoms with van der Waals surface area (Å²) in [7, 11) is 0. The van der Waals surface area contributed by atoms with Crippen molar-refractivity contribution in [3.05, 3.63) is 35.4 Å². The lowest BCUT2D eigenvalue weighted by Crippen LogP contribution is -2.40. The number of carbonyl (C=O) groups excluding carboxylic acids is 3. The number of aliphatic hydroxyl groups is 1. The molecule has 0 fully saturated rings. The van der Waals surface area contributed by atoms with Crippen LogP contribution in [0.15, 0.2) is 24.3 Å². The summed E-state index contributed by atoms with van der Waals surface area (Å²) in [5.74, 6) is -1.36. The van der Waals surface area contributed by atoms with Crippen molar-refractivity contribution in [2.24, 2.45) is 5.92 Å². The van der Waals surface area contributed by atoms with Crippen molar-refractivity contribution in [1.82, 2.24) is 4.90 Å². The van der Waals surface area contributed by atoms with Crippen molar-refractivity contribution in [3.8, 4) is 0 Å². The first-order valence-corrected chi connectivity index (χ1v) is 7.18. The van der Waals surface area contributed by atoms with Gasteiger partial charge in [0.1, 0.15) is 6.29 Å². The monoisotopic (exact) mass is 289 g/mol. The summed E-state index contributed by atoms with van der Waals surface area (Å²) in [6.45, 7) is 1.86. The molecule has 1 aromatic carbocycles. The first-order chi connectivity index (χ1) is 10.1. The van der Waals surface area contributed by atoms with Crippen LogP contribution in [-0.4, -0.2) is 40.8 Å². The molecule has 0 radical (unpaired) electrons. The number of rotatable bonds is 7. The molecule has 1 N–H and O–H groups in total. The van der Waals surface area contributed by atoms with E-state index in [0.29, 0.717) is 23.8 Å². The Kier molecular flexibility index (Phi) is 4.85. The highest BCUT2D eigenvalue weighted by Gasteiger charge is 2.37. The number of aldehydes is 1. The zero-order chi connectivity index (χ0) is 15.4. The van der Waals surface area contributed by atoms with Gasteiger partial charge in [-0.05, 0) is 18.6 Å². The molecule has 1 aromatic rings. The van der Waals surface area contributed by atoms with Crippen LogP contribution < -0.4 is 0 Å². The van der Waals surface area contributed by atoms with Gasteiger partial charge in [-0.2, -0.15) is 0 Å². The number of unbranched alkanes of at least 4 members (excludes halogenated alkanes) is 1. The van der Waals surface area contributed by atoms with Crippen molar-refractivity contribution in [2.45, 2.75) is 32.3 Å². The van der Waals surface area contributed by atoms with Gasteiger partial charge in [0, 0.05) is 5.92 Å². The zero-order valence-electron chi connectivity index (χ0n) is 12.0. The van der Waals surface area contributed by atoms with Crippen LogP contribution in [0.1, 0.15) is 46.9 Å². The number of imide groups is 1. The highest BCUT2D eigenvalue weighted by atomic mass is 16.3. The second-order valence-electron chi connectivity index (χ2n) is 5.28. The van der Waals surface area contributed by atoms with Crippen molar-refractivity contribution < 1.29 is 19.5 Å². The third kappa shape index (κ3) is 3.03. The van der Waals surface area contributed by atoms with Gasteiger partial charge in [-0.3, -0.25) is 14.5 Å². The van der Waals surface area contributed by atoms with Crippen LogP contribution >= 0.6 is 0 Å². The Labute approximate surface area is 123 Å². The number of benzene rings is 1. The largest absolute Gasteiger partial charge is 0.391 e. The summed E-state index contributed by atoms with van der Waals surface area (Å²) in [6, 6.07) is 6.57. The quantitative estimate of drug-likeness (QED) is 0.612. The number of hydrogen-bond acceptors (Lipinski definition) is 4. The molecule has 2 rings (SSSR count). The van der Waals surface area contributed by atoms with Crippen molar-refractivity contribution in [2.75, 3.05) is 6.54 Å². The Morgan fingerprint density at radius 3 is 2.24 bits per heavy atom. The van der Waals surface area contributed by atoms with E-state index in [9.17, 15) is 19.5 Å². The number of amides is 2. The predicted molar refractivity (Wildman–Crippen MR) is 76.9 cm³/mol. The number of carbonyl (C=O) groups is 3. The van der Waals surface area contributed by atoms with E-state index in [0.717, 1.165) is 17.7 Å². The van der Waals surface area contributed by atoms with Gasteiger partial charge in [0.2, 0.25) is 0 Å². The molecule has 2 amide bonds. The normalized spacial score (nSPS) is 16.8. The van der Waals surface area contributed by atoms with E-state index in [1.165, 1.54) is 0 Å². The fourth-order valence-electron chi connectivity index (χ4n) is 2.52. The van der Waals surface area contributed by atoms with E-state index in [1.807, 2.05) is 6.92 Å². The Balaban J connectivity index is 2.09. The maximum atomic E-state index is 12.2. The number of aliphatic hydroxyl groups excluding tert-OH is 1. The van der Waals surface area contributed by atoms with Gasteiger partial charge in [-0.15, -0.1) is 0 Å². The molecule has 0 bridgehead atoms. The topological polar surface area (TPSA) is 74.7 Å². The maximum Gasteiger partial charge on any atom is 0.261 e. The number of nitrogens with zero attached hydrogens (tertiary/aromatic N) is 1. The number of β-amino-alcohol motifs (C(OH)–C–C–N with tert-alkyl or cyclic N) is 1. The minimum atomic E-state index is -1.02. The van der Waals surface area contributed by atoms with Crippen molar-refractivity contribution in [1.29, 1.82) is 0 Å². The lowest BCUT2D eigenvalue weighted by Gasteiger charge is -2.22. The van der Waals surface area contributed by atoms with E-state index in [2.05, 4.69) is 0 Å². The van der Waals surface area contributed by atoms with Crippen LogP contribution in [0.25, 0.3) is 0 Å². The van der Waals surface area contributed by atoms with Crippen LogP contribution in [-0.2, 0) is 4.79 Å². The fraction of sp³-hybridized carbons (Fsp3) is 0.438. The van der Waals surface area contributed by atoms with Crippen LogP contribution in [0.2, 0.25) is 0 Å². The summed E-state index contributed by atoms with van der Waals surface area (Å²) in [6.07, 6.45) is 1.99. The first-order valence-electron chi connectivity index (χ1n) is 7.18. The van der Waals surface area contributed by atoms with Crippen LogP contribution in [0.4, 0.5) is 0 Å². The first kappa shape index (κ1) is 15.4.